The summed E-state index contributed by atoms with van der Waals surface area (Å²) in [7, 11) is 1.63. The summed E-state index contributed by atoms with van der Waals surface area (Å²) in [6.45, 7) is 2.63. The molecule has 0 aliphatic carbocycles. The monoisotopic (exact) mass is 698 g/mol. The largest absolute Gasteiger partial charge is 0.493 e. The maximum Gasteiger partial charge on any atom is 0.247 e. The van der Waals surface area contributed by atoms with Crippen molar-refractivity contribution in [1.82, 2.24) is 15.2 Å². The van der Waals surface area contributed by atoms with E-state index in [9.17, 15) is 0 Å². The van der Waals surface area contributed by atoms with Gasteiger partial charge in [-0.25, -0.2) is 0 Å². The Balaban J connectivity index is 1.43. The molecule has 214 valence electrons. The molecule has 0 saturated carbocycles. The lowest BCUT2D eigenvalue weighted by molar-refractivity contribution is 0.223. The predicted octanol–water partition coefficient (Wildman–Crippen LogP) is 9.22. The highest BCUT2D eigenvalue weighted by atomic mass is 79.9. The highest BCUT2D eigenvalue weighted by molar-refractivity contribution is 9.13. The molecule has 5 rings (SSSR count). The Morgan fingerprint density at radius 2 is 1.73 bits per heavy atom. The SMILES string of the molecule is CCCCCCCSc1nnc2c(n1)OC(c1cc(OC)c(OCc3ccccc3)c(Br)c1Br)Nc1ccccc1-2. The molecule has 1 aliphatic heterocycles. The number of halogens is 2. The van der Waals surface area contributed by atoms with Crippen LogP contribution in [0.1, 0.15) is 56.4 Å². The minimum absolute atomic E-state index is 0.405. The second kappa shape index (κ2) is 14.4. The first kappa shape index (κ1) is 29.7. The lowest BCUT2D eigenvalue weighted by Crippen LogP contribution is -2.18. The van der Waals surface area contributed by atoms with Gasteiger partial charge in [-0.15, -0.1) is 10.2 Å². The molecular formula is C31H32Br2N4O3S. The van der Waals surface area contributed by atoms with Crippen LogP contribution in [0.3, 0.4) is 0 Å². The Labute approximate surface area is 262 Å². The zero-order valence-electron chi connectivity index (χ0n) is 23.0. The number of hydrogen-bond donors (Lipinski definition) is 1. The first-order chi connectivity index (χ1) is 20.1. The summed E-state index contributed by atoms with van der Waals surface area (Å²) in [5, 5.41) is 13.1. The number of fused-ring (bicyclic) bond motifs is 3. The number of thioether (sulfide) groups is 1. The van der Waals surface area contributed by atoms with Crippen molar-refractivity contribution in [2.45, 2.75) is 57.0 Å². The van der Waals surface area contributed by atoms with Crippen LogP contribution in [0, 0.1) is 0 Å². The van der Waals surface area contributed by atoms with Crippen molar-refractivity contribution in [3.63, 3.8) is 0 Å². The van der Waals surface area contributed by atoms with E-state index < -0.39 is 6.23 Å². The van der Waals surface area contributed by atoms with Crippen molar-refractivity contribution in [1.29, 1.82) is 0 Å². The number of aromatic nitrogens is 3. The number of anilines is 1. The van der Waals surface area contributed by atoms with Crippen LogP contribution in [-0.2, 0) is 6.61 Å². The summed E-state index contributed by atoms with van der Waals surface area (Å²) in [4.78, 5) is 4.80. The molecule has 4 aromatic rings. The lowest BCUT2D eigenvalue weighted by atomic mass is 10.1. The molecule has 41 heavy (non-hydrogen) atoms. The second-order valence-corrected chi connectivity index (χ2v) is 12.2. The molecule has 0 amide bonds. The van der Waals surface area contributed by atoms with Gasteiger partial charge in [0.05, 0.1) is 11.6 Å². The molecule has 0 fully saturated rings. The Kier molecular flexibility index (Phi) is 10.4. The van der Waals surface area contributed by atoms with E-state index in [0.29, 0.717) is 34.8 Å². The van der Waals surface area contributed by atoms with E-state index in [1.54, 1.807) is 18.9 Å². The van der Waals surface area contributed by atoms with Crippen LogP contribution in [0.25, 0.3) is 11.3 Å². The third-order valence-corrected chi connectivity index (χ3v) is 9.76. The van der Waals surface area contributed by atoms with Crippen LogP contribution < -0.4 is 19.5 Å². The topological polar surface area (TPSA) is 78.4 Å². The van der Waals surface area contributed by atoms with Crippen LogP contribution in [0.5, 0.6) is 17.4 Å². The average Bonchev–Trinajstić information content (AvgIpc) is 3.16. The maximum absolute atomic E-state index is 6.54. The summed E-state index contributed by atoms with van der Waals surface area (Å²) in [5.41, 5.74) is 4.23. The van der Waals surface area contributed by atoms with E-state index in [1.807, 2.05) is 60.7 Å². The van der Waals surface area contributed by atoms with Crippen LogP contribution in [-0.4, -0.2) is 28.0 Å². The summed E-state index contributed by atoms with van der Waals surface area (Å²) >= 11 is 9.13. The van der Waals surface area contributed by atoms with Crippen LogP contribution in [0.4, 0.5) is 5.69 Å². The number of benzene rings is 3. The standard InChI is InChI=1S/C31H32Br2N4O3S/c1-3-4-5-6-12-17-41-31-35-30-27(36-37-31)21-15-10-11-16-23(21)34-29(40-30)22-18-24(38-2)28(26(33)25(22)32)39-19-20-13-8-7-9-14-20/h7-11,13-16,18,29,34H,3-6,12,17,19H2,1-2H3. The first-order valence-electron chi connectivity index (χ1n) is 13.7. The fraction of sp³-hybridized carbons (Fsp3) is 0.323. The van der Waals surface area contributed by atoms with Gasteiger partial charge in [-0.2, -0.15) is 4.98 Å². The van der Waals surface area contributed by atoms with E-state index in [1.165, 1.54) is 25.7 Å². The van der Waals surface area contributed by atoms with Crippen molar-refractivity contribution in [2.24, 2.45) is 0 Å². The van der Waals surface area contributed by atoms with E-state index in [-0.39, 0.29) is 0 Å². The van der Waals surface area contributed by atoms with E-state index in [2.05, 4.69) is 54.3 Å². The maximum atomic E-state index is 6.54. The minimum atomic E-state index is -0.594. The van der Waals surface area contributed by atoms with Crippen molar-refractivity contribution in [3.8, 4) is 28.6 Å². The van der Waals surface area contributed by atoms with E-state index >= 15 is 0 Å². The Morgan fingerprint density at radius 1 is 0.951 bits per heavy atom. The number of hydrogen-bond acceptors (Lipinski definition) is 8. The molecule has 0 radical (unpaired) electrons. The van der Waals surface area contributed by atoms with Crippen LogP contribution in [0.2, 0.25) is 0 Å². The predicted molar refractivity (Wildman–Crippen MR) is 171 cm³/mol. The van der Waals surface area contributed by atoms with Gasteiger partial charge in [0.15, 0.2) is 23.4 Å². The molecule has 10 heteroatoms. The highest BCUT2D eigenvalue weighted by Gasteiger charge is 2.30. The number of ether oxygens (including phenoxy) is 3. The Morgan fingerprint density at radius 3 is 2.54 bits per heavy atom. The van der Waals surface area contributed by atoms with Gasteiger partial charge < -0.3 is 19.5 Å². The van der Waals surface area contributed by atoms with Crippen molar-refractivity contribution in [2.75, 3.05) is 18.2 Å². The highest BCUT2D eigenvalue weighted by Crippen LogP contribution is 2.47. The van der Waals surface area contributed by atoms with Gasteiger partial charge in [0.2, 0.25) is 11.0 Å². The second-order valence-electron chi connectivity index (χ2n) is 9.60. The number of rotatable bonds is 12. The molecule has 2 heterocycles. The molecule has 1 N–H and O–H groups in total. The average molecular weight is 700 g/mol. The summed E-state index contributed by atoms with van der Waals surface area (Å²) in [6, 6.07) is 19.9. The zero-order valence-corrected chi connectivity index (χ0v) is 27.0. The number of unbranched alkanes of at least 4 members (excludes halogenated alkanes) is 4. The van der Waals surface area contributed by atoms with Crippen molar-refractivity contribution >= 4 is 49.3 Å². The molecule has 0 spiro atoms. The summed E-state index contributed by atoms with van der Waals surface area (Å²) in [5.74, 6) is 2.56. The molecule has 1 aromatic heterocycles. The number of nitrogens with zero attached hydrogens (tertiary/aromatic N) is 3. The molecule has 1 atom stereocenters. The van der Waals surface area contributed by atoms with Crippen molar-refractivity contribution in [3.05, 3.63) is 80.7 Å². The van der Waals surface area contributed by atoms with E-state index in [0.717, 1.165) is 43.5 Å². The van der Waals surface area contributed by atoms with Gasteiger partial charge in [0.1, 0.15) is 6.61 Å². The number of para-hydroxylation sites is 1. The Hall–Kier alpha value is -2.82. The van der Waals surface area contributed by atoms with Crippen molar-refractivity contribution < 1.29 is 14.2 Å². The smallest absolute Gasteiger partial charge is 0.247 e. The van der Waals surface area contributed by atoms with Gasteiger partial charge in [0.25, 0.3) is 0 Å². The zero-order chi connectivity index (χ0) is 28.6. The van der Waals surface area contributed by atoms with Crippen LogP contribution >= 0.6 is 43.6 Å². The fourth-order valence-electron chi connectivity index (χ4n) is 4.53. The number of nitrogens with one attached hydrogen (secondary N) is 1. The third kappa shape index (κ3) is 7.16. The summed E-state index contributed by atoms with van der Waals surface area (Å²) < 4.78 is 20.0. The van der Waals surface area contributed by atoms with Gasteiger partial charge >= 0.3 is 0 Å². The summed E-state index contributed by atoms with van der Waals surface area (Å²) in [6.07, 6.45) is 5.52. The normalized spacial score (nSPS) is 13.8. The molecule has 0 saturated heterocycles. The quantitative estimate of drug-likeness (QED) is 0.116. The molecular weight excluding hydrogens is 668 g/mol. The van der Waals surface area contributed by atoms with Gasteiger partial charge in [0, 0.05) is 27.0 Å². The third-order valence-electron chi connectivity index (χ3n) is 6.70. The minimum Gasteiger partial charge on any atom is -0.493 e. The lowest BCUT2D eigenvalue weighted by Gasteiger charge is -2.23. The van der Waals surface area contributed by atoms with Gasteiger partial charge in [-0.3, -0.25) is 0 Å². The molecule has 1 aliphatic rings. The first-order valence-corrected chi connectivity index (χ1v) is 16.3. The molecule has 3 aromatic carbocycles. The Bertz CT molecular complexity index is 1480. The molecule has 0 bridgehead atoms. The van der Waals surface area contributed by atoms with Gasteiger partial charge in [-0.1, -0.05) is 92.9 Å². The van der Waals surface area contributed by atoms with Gasteiger partial charge in [-0.05, 0) is 56.0 Å². The molecule has 1 unspecified atom stereocenters. The fourth-order valence-corrected chi connectivity index (χ4v) is 6.35. The molecule has 7 nitrogen and oxygen atoms in total. The van der Waals surface area contributed by atoms with Crippen LogP contribution in [0.15, 0.2) is 74.8 Å². The number of methoxy groups -OCH3 is 1. The van der Waals surface area contributed by atoms with E-state index in [4.69, 9.17) is 19.2 Å².